The zero-order valence-electron chi connectivity index (χ0n) is 9.59. The van der Waals surface area contributed by atoms with Gasteiger partial charge in [-0.1, -0.05) is 6.92 Å². The third-order valence-corrected chi connectivity index (χ3v) is 6.23. The number of rotatable bonds is 2. The number of nitriles is 1. The third-order valence-electron chi connectivity index (χ3n) is 2.91. The molecule has 2 heterocycles. The molecule has 0 N–H and O–H groups in total. The van der Waals surface area contributed by atoms with Crippen LogP contribution < -0.4 is 0 Å². The van der Waals surface area contributed by atoms with Gasteiger partial charge in [0.2, 0.25) is 0 Å². The summed E-state index contributed by atoms with van der Waals surface area (Å²) in [5.74, 6) is 0.411. The van der Waals surface area contributed by atoms with E-state index in [9.17, 15) is 8.42 Å². The second-order valence-corrected chi connectivity index (χ2v) is 7.59. The van der Waals surface area contributed by atoms with Gasteiger partial charge in [-0.15, -0.1) is 11.3 Å². The second-order valence-electron chi connectivity index (χ2n) is 4.34. The van der Waals surface area contributed by atoms with Gasteiger partial charge in [-0.25, -0.2) is 8.42 Å². The topological polar surface area (TPSA) is 61.2 Å². The van der Waals surface area contributed by atoms with Gasteiger partial charge in [0, 0.05) is 13.1 Å². The van der Waals surface area contributed by atoms with Gasteiger partial charge in [-0.05, 0) is 30.9 Å². The molecule has 1 atom stereocenters. The summed E-state index contributed by atoms with van der Waals surface area (Å²) in [5, 5.41) is 8.72. The third kappa shape index (κ3) is 2.51. The number of thiophene rings is 1. The quantitative estimate of drug-likeness (QED) is 0.826. The average molecular weight is 270 g/mol. The van der Waals surface area contributed by atoms with Crippen molar-refractivity contribution in [3.8, 4) is 6.07 Å². The van der Waals surface area contributed by atoms with E-state index >= 15 is 0 Å². The van der Waals surface area contributed by atoms with E-state index in [2.05, 4.69) is 6.92 Å². The number of sulfonamides is 1. The molecule has 1 aromatic heterocycles. The lowest BCUT2D eigenvalue weighted by Gasteiger charge is -2.29. The highest BCUT2D eigenvalue weighted by Gasteiger charge is 2.29. The SMILES string of the molecule is CC1CCCN(S(=O)(=O)c2ccc(C#N)s2)C1. The molecule has 1 unspecified atom stereocenters. The molecule has 0 amide bonds. The molecule has 1 fully saturated rings. The maximum absolute atomic E-state index is 12.3. The second kappa shape index (κ2) is 4.77. The molecule has 17 heavy (non-hydrogen) atoms. The largest absolute Gasteiger partial charge is 0.252 e. The van der Waals surface area contributed by atoms with Gasteiger partial charge in [0.15, 0.2) is 0 Å². The van der Waals surface area contributed by atoms with Gasteiger partial charge in [0.1, 0.15) is 15.2 Å². The van der Waals surface area contributed by atoms with Gasteiger partial charge in [0.25, 0.3) is 10.0 Å². The first-order valence-electron chi connectivity index (χ1n) is 5.54. The molecule has 6 heteroatoms. The summed E-state index contributed by atoms with van der Waals surface area (Å²) in [5.41, 5.74) is 0. The lowest BCUT2D eigenvalue weighted by Crippen LogP contribution is -2.38. The molecule has 0 aromatic carbocycles. The van der Waals surface area contributed by atoms with Crippen LogP contribution in [0.5, 0.6) is 0 Å². The van der Waals surface area contributed by atoms with Crippen molar-refractivity contribution in [3.63, 3.8) is 0 Å². The number of nitrogens with zero attached hydrogens (tertiary/aromatic N) is 2. The van der Waals surface area contributed by atoms with Crippen LogP contribution >= 0.6 is 11.3 Å². The Kier molecular flexibility index (Phi) is 3.52. The molecule has 0 spiro atoms. The molecular weight excluding hydrogens is 256 g/mol. The average Bonchev–Trinajstić information content (AvgIpc) is 2.78. The first-order chi connectivity index (χ1) is 8.04. The smallest absolute Gasteiger partial charge is 0.206 e. The van der Waals surface area contributed by atoms with Crippen molar-refractivity contribution in [2.24, 2.45) is 5.92 Å². The van der Waals surface area contributed by atoms with Crippen LogP contribution in [-0.4, -0.2) is 25.8 Å². The molecule has 0 saturated carbocycles. The van der Waals surface area contributed by atoms with Crippen LogP contribution in [-0.2, 0) is 10.0 Å². The van der Waals surface area contributed by atoms with E-state index < -0.39 is 10.0 Å². The van der Waals surface area contributed by atoms with Crippen LogP contribution in [0, 0.1) is 17.2 Å². The van der Waals surface area contributed by atoms with E-state index in [0.29, 0.717) is 23.9 Å². The highest BCUT2D eigenvalue weighted by molar-refractivity contribution is 7.91. The maximum Gasteiger partial charge on any atom is 0.252 e. The summed E-state index contributed by atoms with van der Waals surface area (Å²) in [6.45, 7) is 3.24. The van der Waals surface area contributed by atoms with E-state index in [1.807, 2.05) is 6.07 Å². The first kappa shape index (κ1) is 12.6. The molecule has 92 valence electrons. The summed E-state index contributed by atoms with van der Waals surface area (Å²) in [6.07, 6.45) is 2.00. The van der Waals surface area contributed by atoms with Crippen molar-refractivity contribution < 1.29 is 8.42 Å². The minimum Gasteiger partial charge on any atom is -0.206 e. The Morgan fingerprint density at radius 3 is 2.88 bits per heavy atom. The van der Waals surface area contributed by atoms with Crippen molar-refractivity contribution >= 4 is 21.4 Å². The van der Waals surface area contributed by atoms with Crippen LogP contribution in [0.15, 0.2) is 16.3 Å². The highest BCUT2D eigenvalue weighted by Crippen LogP contribution is 2.27. The van der Waals surface area contributed by atoms with E-state index in [1.54, 1.807) is 6.07 Å². The van der Waals surface area contributed by atoms with Crippen LogP contribution in [0.1, 0.15) is 24.6 Å². The van der Waals surface area contributed by atoms with Gasteiger partial charge in [0.05, 0.1) is 0 Å². The molecule has 2 rings (SSSR count). The van der Waals surface area contributed by atoms with Crippen molar-refractivity contribution in [2.45, 2.75) is 24.0 Å². The standard InChI is InChI=1S/C11H14N2O2S2/c1-9-3-2-6-13(8-9)17(14,15)11-5-4-10(7-12)16-11/h4-5,9H,2-3,6,8H2,1H3. The molecule has 1 saturated heterocycles. The zero-order chi connectivity index (χ0) is 12.5. The Labute approximate surface area is 106 Å². The van der Waals surface area contributed by atoms with Crippen LogP contribution in [0.4, 0.5) is 0 Å². The van der Waals surface area contributed by atoms with Crippen molar-refractivity contribution in [2.75, 3.05) is 13.1 Å². The van der Waals surface area contributed by atoms with Crippen molar-refractivity contribution in [3.05, 3.63) is 17.0 Å². The Morgan fingerprint density at radius 1 is 1.53 bits per heavy atom. The Morgan fingerprint density at radius 2 is 2.29 bits per heavy atom. The van der Waals surface area contributed by atoms with Gasteiger partial charge < -0.3 is 0 Å². The minimum absolute atomic E-state index is 0.281. The normalized spacial score (nSPS) is 22.2. The van der Waals surface area contributed by atoms with Crippen LogP contribution in [0.3, 0.4) is 0 Å². The van der Waals surface area contributed by atoms with E-state index in [-0.39, 0.29) is 4.21 Å². The summed E-state index contributed by atoms with van der Waals surface area (Å²) in [6, 6.07) is 5.05. The molecule has 1 aromatic rings. The fourth-order valence-electron chi connectivity index (χ4n) is 2.01. The Balaban J connectivity index is 2.27. The lowest BCUT2D eigenvalue weighted by atomic mass is 10.0. The molecule has 0 radical (unpaired) electrons. The summed E-state index contributed by atoms with van der Waals surface area (Å²) < 4.78 is 26.4. The molecule has 0 aliphatic carbocycles. The van der Waals surface area contributed by atoms with Crippen molar-refractivity contribution in [1.29, 1.82) is 5.26 Å². The Bertz CT molecular complexity index is 542. The zero-order valence-corrected chi connectivity index (χ0v) is 11.2. The molecule has 1 aliphatic heterocycles. The number of piperidine rings is 1. The van der Waals surface area contributed by atoms with Gasteiger partial charge >= 0.3 is 0 Å². The van der Waals surface area contributed by atoms with Crippen molar-refractivity contribution in [1.82, 2.24) is 4.31 Å². The summed E-state index contributed by atoms with van der Waals surface area (Å²) in [7, 11) is -3.38. The number of hydrogen-bond donors (Lipinski definition) is 0. The monoisotopic (exact) mass is 270 g/mol. The predicted molar refractivity (Wildman–Crippen MR) is 66.2 cm³/mol. The molecule has 1 aliphatic rings. The highest BCUT2D eigenvalue weighted by atomic mass is 32.2. The summed E-state index contributed by atoms with van der Waals surface area (Å²) >= 11 is 1.04. The Hall–Kier alpha value is -0.900. The minimum atomic E-state index is -3.38. The first-order valence-corrected chi connectivity index (χ1v) is 7.80. The number of hydrogen-bond acceptors (Lipinski definition) is 4. The predicted octanol–water partition coefficient (Wildman–Crippen LogP) is 2.04. The van der Waals surface area contributed by atoms with Crippen LogP contribution in [0.25, 0.3) is 0 Å². The molecule has 4 nitrogen and oxygen atoms in total. The van der Waals surface area contributed by atoms with E-state index in [0.717, 1.165) is 24.2 Å². The maximum atomic E-state index is 12.3. The van der Waals surface area contributed by atoms with Gasteiger partial charge in [-0.3, -0.25) is 0 Å². The summed E-state index contributed by atoms with van der Waals surface area (Å²) in [4.78, 5) is 0.439. The lowest BCUT2D eigenvalue weighted by molar-refractivity contribution is 0.281. The molecule has 0 bridgehead atoms. The fourth-order valence-corrected chi connectivity index (χ4v) is 4.87. The van der Waals surface area contributed by atoms with Gasteiger partial charge in [-0.2, -0.15) is 9.57 Å². The fraction of sp³-hybridized carbons (Fsp3) is 0.545. The van der Waals surface area contributed by atoms with E-state index in [1.165, 1.54) is 10.4 Å². The van der Waals surface area contributed by atoms with E-state index in [4.69, 9.17) is 5.26 Å². The van der Waals surface area contributed by atoms with Crippen LogP contribution in [0.2, 0.25) is 0 Å². The molecular formula is C11H14N2O2S2.